The highest BCUT2D eigenvalue weighted by Crippen LogP contribution is 2.18. The van der Waals surface area contributed by atoms with Gasteiger partial charge in [0.2, 0.25) is 0 Å². The number of aryl methyl sites for hydroxylation is 2. The smallest absolute Gasteiger partial charge is 0.317 e. The number of hydrogen-bond acceptors (Lipinski definition) is 3. The quantitative estimate of drug-likeness (QED) is 0.576. The molecule has 6 heteroatoms. The number of nitrogens with one attached hydrogen (secondary N) is 2. The Kier molecular flexibility index (Phi) is 6.67. The first-order valence-electron chi connectivity index (χ1n) is 9.78. The summed E-state index contributed by atoms with van der Waals surface area (Å²) in [6.45, 7) is 4.91. The van der Waals surface area contributed by atoms with Crippen molar-refractivity contribution in [2.75, 3.05) is 13.2 Å². The van der Waals surface area contributed by atoms with Gasteiger partial charge in [-0.25, -0.2) is 4.79 Å². The van der Waals surface area contributed by atoms with Crippen LogP contribution in [0.2, 0.25) is 0 Å². The van der Waals surface area contributed by atoms with E-state index in [2.05, 4.69) is 10.3 Å². The minimum atomic E-state index is -0.262. The predicted molar refractivity (Wildman–Crippen MR) is 115 cm³/mol. The summed E-state index contributed by atoms with van der Waals surface area (Å²) in [5.41, 5.74) is 4.27. The number of nitrogens with zero attached hydrogens (tertiary/aromatic N) is 1. The van der Waals surface area contributed by atoms with Gasteiger partial charge >= 0.3 is 6.03 Å². The van der Waals surface area contributed by atoms with Crippen LogP contribution in [0.15, 0.2) is 53.3 Å². The maximum atomic E-state index is 12.7. The van der Waals surface area contributed by atoms with Crippen molar-refractivity contribution in [3.05, 3.63) is 81.1 Å². The van der Waals surface area contributed by atoms with E-state index in [4.69, 9.17) is 0 Å². The molecule has 3 rings (SSSR count). The predicted octanol–water partition coefficient (Wildman–Crippen LogP) is 3.24. The summed E-state index contributed by atoms with van der Waals surface area (Å²) in [4.78, 5) is 29.9. The SMILES string of the molecule is Cc1cc(C)c2[nH]c(=O)c(CN(CCCO)C(=O)NCc3ccccc3)cc2c1. The van der Waals surface area contributed by atoms with Crippen molar-refractivity contribution in [2.24, 2.45) is 0 Å². The molecule has 0 unspecified atom stereocenters. The zero-order valence-corrected chi connectivity index (χ0v) is 16.9. The van der Waals surface area contributed by atoms with Crippen molar-refractivity contribution in [1.29, 1.82) is 0 Å². The number of amides is 2. The lowest BCUT2D eigenvalue weighted by atomic mass is 10.1. The van der Waals surface area contributed by atoms with Gasteiger partial charge in [0.15, 0.2) is 0 Å². The standard InChI is InChI=1S/C23H27N3O3/c1-16-11-17(2)21-19(12-16)13-20(22(28)25-21)15-26(9-6-10-27)23(29)24-14-18-7-4-3-5-8-18/h3-5,7-8,11-13,27H,6,9-10,14-15H2,1-2H3,(H,24,29)(H,25,28). The van der Waals surface area contributed by atoms with Crippen LogP contribution in [0.3, 0.4) is 0 Å². The van der Waals surface area contributed by atoms with Crippen LogP contribution in [-0.4, -0.2) is 34.2 Å². The fourth-order valence-corrected chi connectivity index (χ4v) is 3.45. The van der Waals surface area contributed by atoms with Crippen molar-refractivity contribution >= 4 is 16.9 Å². The molecule has 2 amide bonds. The van der Waals surface area contributed by atoms with E-state index in [-0.39, 0.29) is 24.7 Å². The molecule has 6 nitrogen and oxygen atoms in total. The summed E-state index contributed by atoms with van der Waals surface area (Å²) in [5.74, 6) is 0. The van der Waals surface area contributed by atoms with Crippen molar-refractivity contribution in [2.45, 2.75) is 33.4 Å². The van der Waals surface area contributed by atoms with E-state index in [1.54, 1.807) is 4.90 Å². The van der Waals surface area contributed by atoms with Crippen LogP contribution in [0.25, 0.3) is 10.9 Å². The third-order valence-electron chi connectivity index (χ3n) is 4.89. The zero-order valence-electron chi connectivity index (χ0n) is 16.9. The lowest BCUT2D eigenvalue weighted by Crippen LogP contribution is -2.41. The van der Waals surface area contributed by atoms with Crippen LogP contribution in [0.1, 0.15) is 28.7 Å². The van der Waals surface area contributed by atoms with E-state index in [0.717, 1.165) is 27.6 Å². The number of urea groups is 1. The molecule has 0 atom stereocenters. The van der Waals surface area contributed by atoms with Crippen LogP contribution >= 0.6 is 0 Å². The molecule has 0 fully saturated rings. The number of rotatable bonds is 7. The van der Waals surface area contributed by atoms with Gasteiger partial charge in [-0.15, -0.1) is 0 Å². The van der Waals surface area contributed by atoms with Gasteiger partial charge in [0.25, 0.3) is 5.56 Å². The van der Waals surface area contributed by atoms with E-state index in [9.17, 15) is 14.7 Å². The molecule has 1 aromatic heterocycles. The third kappa shape index (κ3) is 5.23. The first kappa shape index (κ1) is 20.6. The van der Waals surface area contributed by atoms with Crippen LogP contribution in [-0.2, 0) is 13.1 Å². The monoisotopic (exact) mass is 393 g/mol. The van der Waals surface area contributed by atoms with Crippen LogP contribution in [0, 0.1) is 13.8 Å². The second-order valence-corrected chi connectivity index (χ2v) is 7.31. The highest BCUT2D eigenvalue weighted by molar-refractivity contribution is 5.83. The second kappa shape index (κ2) is 9.39. The Morgan fingerprint density at radius 1 is 1.14 bits per heavy atom. The molecule has 0 aliphatic carbocycles. The molecule has 0 aliphatic rings. The number of H-pyrrole nitrogens is 1. The van der Waals surface area contributed by atoms with Gasteiger partial charge in [0.1, 0.15) is 0 Å². The number of carbonyl (C=O) groups is 1. The fourth-order valence-electron chi connectivity index (χ4n) is 3.45. The molecule has 152 valence electrons. The van der Waals surface area contributed by atoms with Gasteiger partial charge in [0.05, 0.1) is 12.1 Å². The summed E-state index contributed by atoms with van der Waals surface area (Å²) in [6.07, 6.45) is 0.447. The second-order valence-electron chi connectivity index (χ2n) is 7.31. The number of carbonyl (C=O) groups excluding carboxylic acids is 1. The van der Waals surface area contributed by atoms with Gasteiger partial charge in [0, 0.05) is 25.3 Å². The molecule has 3 aromatic rings. The first-order chi connectivity index (χ1) is 14.0. The van der Waals surface area contributed by atoms with E-state index < -0.39 is 0 Å². The van der Waals surface area contributed by atoms with Crippen LogP contribution in [0.5, 0.6) is 0 Å². The van der Waals surface area contributed by atoms with Crippen molar-refractivity contribution in [1.82, 2.24) is 15.2 Å². The van der Waals surface area contributed by atoms with Crippen molar-refractivity contribution < 1.29 is 9.90 Å². The van der Waals surface area contributed by atoms with E-state index >= 15 is 0 Å². The van der Waals surface area contributed by atoms with Gasteiger partial charge < -0.3 is 20.3 Å². The summed E-state index contributed by atoms with van der Waals surface area (Å²) in [5, 5.41) is 13.0. The molecular weight excluding hydrogens is 366 g/mol. The Bertz CT molecular complexity index is 1040. The van der Waals surface area contributed by atoms with Crippen LogP contribution < -0.4 is 10.9 Å². The molecule has 3 N–H and O–H groups in total. The topological polar surface area (TPSA) is 85.4 Å². The molecule has 0 bridgehead atoms. The lowest BCUT2D eigenvalue weighted by Gasteiger charge is -2.23. The Morgan fingerprint density at radius 3 is 2.62 bits per heavy atom. The number of aliphatic hydroxyl groups is 1. The summed E-state index contributed by atoms with van der Waals surface area (Å²) in [6, 6.07) is 15.3. The molecule has 0 radical (unpaired) electrons. The molecular formula is C23H27N3O3. The summed E-state index contributed by atoms with van der Waals surface area (Å²) >= 11 is 0. The number of aromatic amines is 1. The maximum absolute atomic E-state index is 12.7. The van der Waals surface area contributed by atoms with E-state index in [1.165, 1.54) is 0 Å². The number of pyridine rings is 1. The average Bonchev–Trinajstić information content (AvgIpc) is 2.71. The number of benzene rings is 2. The molecule has 29 heavy (non-hydrogen) atoms. The van der Waals surface area contributed by atoms with Gasteiger partial charge in [-0.2, -0.15) is 0 Å². The minimum absolute atomic E-state index is 0.0189. The Morgan fingerprint density at radius 2 is 1.90 bits per heavy atom. The third-order valence-corrected chi connectivity index (χ3v) is 4.89. The molecule has 0 saturated heterocycles. The highest BCUT2D eigenvalue weighted by Gasteiger charge is 2.16. The maximum Gasteiger partial charge on any atom is 0.317 e. The van der Waals surface area contributed by atoms with Gasteiger partial charge in [-0.1, -0.05) is 42.0 Å². The molecule has 0 aliphatic heterocycles. The van der Waals surface area contributed by atoms with Gasteiger partial charge in [-0.3, -0.25) is 4.79 Å². The highest BCUT2D eigenvalue weighted by atomic mass is 16.3. The molecule has 2 aromatic carbocycles. The number of aliphatic hydroxyl groups excluding tert-OH is 1. The normalized spacial score (nSPS) is 10.9. The molecule has 0 saturated carbocycles. The molecule has 1 heterocycles. The summed E-state index contributed by atoms with van der Waals surface area (Å²) < 4.78 is 0. The number of hydrogen-bond donors (Lipinski definition) is 3. The Hall–Kier alpha value is -3.12. The zero-order chi connectivity index (χ0) is 20.8. The van der Waals surface area contributed by atoms with Gasteiger partial charge in [-0.05, 0) is 48.9 Å². The molecule has 0 spiro atoms. The number of fused-ring (bicyclic) bond motifs is 1. The Labute approximate surface area is 170 Å². The van der Waals surface area contributed by atoms with Crippen LogP contribution in [0.4, 0.5) is 4.79 Å². The summed E-state index contributed by atoms with van der Waals surface area (Å²) in [7, 11) is 0. The fraction of sp³-hybridized carbons (Fsp3) is 0.304. The Balaban J connectivity index is 1.81. The lowest BCUT2D eigenvalue weighted by molar-refractivity contribution is 0.186. The van der Waals surface area contributed by atoms with E-state index in [1.807, 2.05) is 62.4 Å². The average molecular weight is 393 g/mol. The van der Waals surface area contributed by atoms with Crippen molar-refractivity contribution in [3.8, 4) is 0 Å². The minimum Gasteiger partial charge on any atom is -0.396 e. The number of aromatic nitrogens is 1. The van der Waals surface area contributed by atoms with E-state index in [0.29, 0.717) is 25.1 Å². The van der Waals surface area contributed by atoms with Crippen molar-refractivity contribution in [3.63, 3.8) is 0 Å². The first-order valence-corrected chi connectivity index (χ1v) is 9.78. The largest absolute Gasteiger partial charge is 0.396 e.